The minimum Gasteiger partial charge on any atom is -0.391 e. The molecule has 1 atom stereocenters. The van der Waals surface area contributed by atoms with Gasteiger partial charge in [-0.25, -0.2) is 4.98 Å². The predicted octanol–water partition coefficient (Wildman–Crippen LogP) is 2.60. The van der Waals surface area contributed by atoms with Gasteiger partial charge in [-0.05, 0) is 38.0 Å². The number of benzene rings is 1. The van der Waals surface area contributed by atoms with Crippen LogP contribution in [0.5, 0.6) is 0 Å². The quantitative estimate of drug-likeness (QED) is 0.410. The molecule has 3 heterocycles. The number of hydrogen-bond donors (Lipinski definition) is 3. The number of aromatic nitrogens is 6. The van der Waals surface area contributed by atoms with E-state index in [9.17, 15) is 10.4 Å². The molecule has 1 aliphatic carbocycles. The normalized spacial score (nSPS) is 14.3. The molecule has 1 aliphatic rings. The fraction of sp³-hybridized carbons (Fsp3) is 0.300. The van der Waals surface area contributed by atoms with Crippen LogP contribution in [0.25, 0.3) is 21.4 Å². The van der Waals surface area contributed by atoms with E-state index >= 15 is 0 Å². The molecule has 0 spiro atoms. The number of hydrogen-bond acceptors (Lipinski definition) is 8. The Labute approximate surface area is 176 Å². The van der Waals surface area contributed by atoms with E-state index in [-0.39, 0.29) is 5.69 Å². The summed E-state index contributed by atoms with van der Waals surface area (Å²) in [6.07, 6.45) is 3.02. The summed E-state index contributed by atoms with van der Waals surface area (Å²) in [5.41, 5.74) is 2.20. The fourth-order valence-corrected chi connectivity index (χ4v) is 3.37. The summed E-state index contributed by atoms with van der Waals surface area (Å²) in [4.78, 5) is 12.3. The van der Waals surface area contributed by atoms with Gasteiger partial charge >= 0.3 is 0 Å². The maximum absolute atomic E-state index is 9.69. The van der Waals surface area contributed by atoms with E-state index in [1.807, 2.05) is 12.1 Å². The molecule has 11 nitrogen and oxygen atoms in total. The van der Waals surface area contributed by atoms with Crippen LogP contribution in [0.4, 0.5) is 23.3 Å². The van der Waals surface area contributed by atoms with Crippen molar-refractivity contribution in [2.24, 2.45) is 0 Å². The number of nitriles is 1. The standard InChI is InChI=1S/C20H18N10O/c1-11(31)10-29-16-6-5-13(7-14(16)15(8-21)27-29)25-20-26-18(24-12-3-4-12)19-23-9-17(22-2)30(19)28-20/h5-7,9,11-12,31H,3-4,10H2,1H3,(H2,24,25,26,28)/t11-/m1/s1. The lowest BCUT2D eigenvalue weighted by Gasteiger charge is -2.09. The van der Waals surface area contributed by atoms with Crippen molar-refractivity contribution in [3.63, 3.8) is 0 Å². The summed E-state index contributed by atoms with van der Waals surface area (Å²) in [6.45, 7) is 9.31. The van der Waals surface area contributed by atoms with Gasteiger partial charge in [-0.15, -0.1) is 4.52 Å². The third-order valence-electron chi connectivity index (χ3n) is 4.93. The lowest BCUT2D eigenvalue weighted by Crippen LogP contribution is -2.12. The Kier molecular flexibility index (Phi) is 4.38. The van der Waals surface area contributed by atoms with Gasteiger partial charge in [-0.1, -0.05) is 11.7 Å². The Morgan fingerprint density at radius 1 is 1.39 bits per heavy atom. The second-order valence-electron chi connectivity index (χ2n) is 7.51. The molecule has 0 saturated heterocycles. The molecule has 154 valence electrons. The molecule has 4 aromatic rings. The Bertz CT molecular complexity index is 1380. The molecule has 0 radical (unpaired) electrons. The van der Waals surface area contributed by atoms with Crippen molar-refractivity contribution in [1.29, 1.82) is 5.26 Å². The lowest BCUT2D eigenvalue weighted by molar-refractivity contribution is 0.170. The Morgan fingerprint density at radius 2 is 2.23 bits per heavy atom. The van der Waals surface area contributed by atoms with E-state index in [1.165, 1.54) is 10.7 Å². The average molecular weight is 414 g/mol. The summed E-state index contributed by atoms with van der Waals surface area (Å²) in [6, 6.07) is 7.91. The molecular weight excluding hydrogens is 396 g/mol. The summed E-state index contributed by atoms with van der Waals surface area (Å²) in [5, 5.41) is 35.0. The first kappa shape index (κ1) is 18.8. The molecule has 0 amide bonds. The van der Waals surface area contributed by atoms with Crippen LogP contribution in [0.15, 0.2) is 24.4 Å². The van der Waals surface area contributed by atoms with E-state index in [1.54, 1.807) is 17.7 Å². The zero-order valence-electron chi connectivity index (χ0n) is 16.6. The number of rotatable bonds is 6. The topological polar surface area (TPSA) is 133 Å². The third-order valence-corrected chi connectivity index (χ3v) is 4.93. The Morgan fingerprint density at radius 3 is 2.94 bits per heavy atom. The zero-order valence-corrected chi connectivity index (χ0v) is 16.6. The van der Waals surface area contributed by atoms with Crippen molar-refractivity contribution in [2.45, 2.75) is 38.5 Å². The average Bonchev–Trinajstić information content (AvgIpc) is 3.36. The van der Waals surface area contributed by atoms with E-state index < -0.39 is 6.10 Å². The molecule has 0 unspecified atom stereocenters. The van der Waals surface area contributed by atoms with Gasteiger partial charge in [0.15, 0.2) is 11.5 Å². The SMILES string of the molecule is [C-]#[N+]c1cnc2c(NC3CC3)nc(Nc3ccc4c(c3)c(C#N)nn4C[C@@H](C)O)nn12. The van der Waals surface area contributed by atoms with Crippen molar-refractivity contribution in [3.05, 3.63) is 41.5 Å². The molecular formula is C20H18N10O. The largest absolute Gasteiger partial charge is 0.391 e. The maximum atomic E-state index is 9.69. The molecule has 11 heteroatoms. The van der Waals surface area contributed by atoms with Crippen molar-refractivity contribution >= 4 is 39.8 Å². The number of aliphatic hydroxyl groups excluding tert-OH is 1. The highest BCUT2D eigenvalue weighted by Crippen LogP contribution is 2.29. The zero-order chi connectivity index (χ0) is 21.5. The van der Waals surface area contributed by atoms with Crippen LogP contribution in [0, 0.1) is 17.9 Å². The van der Waals surface area contributed by atoms with Gasteiger partial charge in [0, 0.05) is 17.1 Å². The molecule has 3 N–H and O–H groups in total. The van der Waals surface area contributed by atoms with Crippen molar-refractivity contribution in [1.82, 2.24) is 29.4 Å². The molecule has 5 rings (SSSR count). The minimum atomic E-state index is -0.586. The van der Waals surface area contributed by atoms with Gasteiger partial charge < -0.3 is 20.6 Å². The van der Waals surface area contributed by atoms with Crippen LogP contribution in [-0.2, 0) is 6.54 Å². The van der Waals surface area contributed by atoms with E-state index in [0.29, 0.717) is 46.9 Å². The maximum Gasteiger partial charge on any atom is 0.275 e. The fourth-order valence-electron chi connectivity index (χ4n) is 3.37. The van der Waals surface area contributed by atoms with Crippen molar-refractivity contribution in [2.75, 3.05) is 10.6 Å². The first-order chi connectivity index (χ1) is 15.1. The Balaban J connectivity index is 1.54. The van der Waals surface area contributed by atoms with Crippen molar-refractivity contribution in [3.8, 4) is 6.07 Å². The lowest BCUT2D eigenvalue weighted by atomic mass is 10.2. The molecule has 3 aromatic heterocycles. The number of nitrogens with zero attached hydrogens (tertiary/aromatic N) is 8. The monoisotopic (exact) mass is 414 g/mol. The summed E-state index contributed by atoms with van der Waals surface area (Å²) in [5.74, 6) is 1.16. The van der Waals surface area contributed by atoms with Crippen LogP contribution < -0.4 is 10.6 Å². The number of aliphatic hydroxyl groups is 1. The Hall–Kier alpha value is -4.22. The second-order valence-corrected chi connectivity index (χ2v) is 7.51. The van der Waals surface area contributed by atoms with Gasteiger partial charge in [-0.2, -0.15) is 15.3 Å². The van der Waals surface area contributed by atoms with E-state index in [0.717, 1.165) is 18.4 Å². The highest BCUT2D eigenvalue weighted by molar-refractivity contribution is 5.88. The first-order valence-corrected chi connectivity index (χ1v) is 9.81. The molecule has 1 saturated carbocycles. The van der Waals surface area contributed by atoms with Crippen LogP contribution in [-0.4, -0.2) is 46.6 Å². The summed E-state index contributed by atoms with van der Waals surface area (Å²) < 4.78 is 3.09. The van der Waals surface area contributed by atoms with Crippen LogP contribution in [0.3, 0.4) is 0 Å². The van der Waals surface area contributed by atoms with Crippen LogP contribution >= 0.6 is 0 Å². The molecule has 1 aromatic carbocycles. The highest BCUT2D eigenvalue weighted by Gasteiger charge is 2.25. The second kappa shape index (κ2) is 7.23. The van der Waals surface area contributed by atoms with E-state index in [4.69, 9.17) is 6.57 Å². The van der Waals surface area contributed by atoms with Crippen LogP contribution in [0.2, 0.25) is 0 Å². The van der Waals surface area contributed by atoms with Crippen molar-refractivity contribution < 1.29 is 5.11 Å². The highest BCUT2D eigenvalue weighted by atomic mass is 16.3. The van der Waals surface area contributed by atoms with Gasteiger partial charge in [-0.3, -0.25) is 4.68 Å². The molecule has 1 fully saturated rings. The number of anilines is 3. The molecule has 31 heavy (non-hydrogen) atoms. The number of fused-ring (bicyclic) bond motifs is 2. The third kappa shape index (κ3) is 3.47. The smallest absolute Gasteiger partial charge is 0.275 e. The molecule has 0 aliphatic heterocycles. The number of imidazole rings is 1. The molecule has 0 bridgehead atoms. The summed E-state index contributed by atoms with van der Waals surface area (Å²) in [7, 11) is 0. The van der Waals surface area contributed by atoms with E-state index in [2.05, 4.69) is 41.7 Å². The number of nitrogens with one attached hydrogen (secondary N) is 2. The first-order valence-electron chi connectivity index (χ1n) is 9.81. The van der Waals surface area contributed by atoms with Gasteiger partial charge in [0.05, 0.1) is 24.4 Å². The minimum absolute atomic E-state index is 0.275. The van der Waals surface area contributed by atoms with Gasteiger partial charge in [0.1, 0.15) is 6.07 Å². The predicted molar refractivity (Wildman–Crippen MR) is 113 cm³/mol. The summed E-state index contributed by atoms with van der Waals surface area (Å²) >= 11 is 0. The van der Waals surface area contributed by atoms with Crippen LogP contribution in [0.1, 0.15) is 25.5 Å². The van der Waals surface area contributed by atoms with Gasteiger partial charge in [0.25, 0.3) is 17.4 Å². The van der Waals surface area contributed by atoms with Gasteiger partial charge in [0.2, 0.25) is 0 Å².